The monoisotopic (exact) mass is 408 g/mol. The van der Waals surface area contributed by atoms with Gasteiger partial charge in [0.05, 0.1) is 22.1 Å². The Morgan fingerprint density at radius 2 is 1.48 bits per heavy atom. The van der Waals surface area contributed by atoms with Gasteiger partial charge in [0.2, 0.25) is 11.0 Å². The van der Waals surface area contributed by atoms with E-state index in [4.69, 9.17) is 11.5 Å². The standard InChI is InChI=1S/C27H26N4/c28-23-13-19-30(25-11-3-1-9-21(23)25)18-8-7-17-27(15-5-6-16-27)31-20-14-24(29)22-10-2-4-12-26(22)31/h1-5,9-14,16,19-20,28-29H,7-8,15,17-18H2/p+2. The van der Waals surface area contributed by atoms with Crippen molar-refractivity contribution in [1.82, 2.24) is 0 Å². The highest BCUT2D eigenvalue weighted by Gasteiger charge is 2.39. The summed E-state index contributed by atoms with van der Waals surface area (Å²) >= 11 is 0. The molecule has 4 nitrogen and oxygen atoms in total. The summed E-state index contributed by atoms with van der Waals surface area (Å²) in [4.78, 5) is 0. The molecule has 0 bridgehead atoms. The number of unbranched alkanes of at least 4 members (excludes halogenated alkanes) is 1. The van der Waals surface area contributed by atoms with Gasteiger partial charge in [-0.05, 0) is 24.6 Å². The predicted molar refractivity (Wildman–Crippen MR) is 126 cm³/mol. The van der Waals surface area contributed by atoms with Gasteiger partial charge in [-0.1, -0.05) is 24.3 Å². The fraction of sp³-hybridized carbons (Fsp3) is 0.222. The SMILES string of the molecule is Nc1cc[n+](CCCCC2([n+]3ccc(N)c4ccccc43)C=C=CC2)c2ccccc12. The Hall–Kier alpha value is -3.62. The zero-order valence-corrected chi connectivity index (χ0v) is 17.7. The summed E-state index contributed by atoms with van der Waals surface area (Å²) in [5.41, 5.74) is 19.7. The molecular weight excluding hydrogens is 380 g/mol. The molecule has 2 aromatic heterocycles. The van der Waals surface area contributed by atoms with E-state index < -0.39 is 0 Å². The summed E-state index contributed by atoms with van der Waals surface area (Å²) in [5, 5.41) is 2.22. The number of aryl methyl sites for hydroxylation is 1. The van der Waals surface area contributed by atoms with Gasteiger partial charge in [-0.3, -0.25) is 0 Å². The molecule has 4 N–H and O–H groups in total. The van der Waals surface area contributed by atoms with Crippen LogP contribution in [0.4, 0.5) is 11.4 Å². The van der Waals surface area contributed by atoms with Crippen molar-refractivity contribution in [2.45, 2.75) is 37.8 Å². The Labute approximate surface area is 182 Å². The summed E-state index contributed by atoms with van der Waals surface area (Å²) in [7, 11) is 0. The molecule has 4 heteroatoms. The molecule has 2 aromatic carbocycles. The van der Waals surface area contributed by atoms with Crippen LogP contribution in [-0.2, 0) is 12.1 Å². The fourth-order valence-corrected chi connectivity index (χ4v) is 4.83. The van der Waals surface area contributed by atoms with E-state index in [1.54, 1.807) is 0 Å². The summed E-state index contributed by atoms with van der Waals surface area (Å²) in [6, 6.07) is 20.8. The van der Waals surface area contributed by atoms with E-state index in [1.165, 1.54) is 11.0 Å². The lowest BCUT2D eigenvalue weighted by Gasteiger charge is -2.23. The van der Waals surface area contributed by atoms with Crippen molar-refractivity contribution in [2.75, 3.05) is 11.5 Å². The number of aromatic nitrogens is 2. The van der Waals surface area contributed by atoms with Crippen molar-refractivity contribution in [2.24, 2.45) is 0 Å². The van der Waals surface area contributed by atoms with Crippen LogP contribution in [0.15, 0.2) is 90.9 Å². The molecule has 5 rings (SSSR count). The van der Waals surface area contributed by atoms with Crippen LogP contribution < -0.4 is 20.6 Å². The van der Waals surface area contributed by atoms with Gasteiger partial charge in [0.1, 0.15) is 6.54 Å². The smallest absolute Gasteiger partial charge is 0.215 e. The summed E-state index contributed by atoms with van der Waals surface area (Å²) < 4.78 is 4.70. The number of anilines is 2. The van der Waals surface area contributed by atoms with E-state index in [0.717, 1.165) is 54.4 Å². The molecule has 1 aliphatic rings. The molecule has 0 saturated carbocycles. The van der Waals surface area contributed by atoms with Gasteiger partial charge in [-0.15, -0.1) is 5.73 Å². The molecule has 0 fully saturated rings. The fourth-order valence-electron chi connectivity index (χ4n) is 4.83. The average molecular weight is 409 g/mol. The van der Waals surface area contributed by atoms with E-state index in [-0.39, 0.29) is 5.54 Å². The zero-order chi connectivity index (χ0) is 21.3. The molecule has 0 spiro atoms. The third kappa shape index (κ3) is 3.45. The molecule has 1 unspecified atom stereocenters. The van der Waals surface area contributed by atoms with E-state index >= 15 is 0 Å². The first-order chi connectivity index (χ1) is 15.2. The molecule has 1 atom stereocenters. The molecule has 2 heterocycles. The highest BCUT2D eigenvalue weighted by molar-refractivity contribution is 5.88. The van der Waals surface area contributed by atoms with E-state index in [9.17, 15) is 0 Å². The van der Waals surface area contributed by atoms with E-state index in [1.807, 2.05) is 24.3 Å². The highest BCUT2D eigenvalue weighted by Crippen LogP contribution is 2.30. The summed E-state index contributed by atoms with van der Waals surface area (Å²) in [6.45, 7) is 0.973. The second-order valence-electron chi connectivity index (χ2n) is 8.42. The van der Waals surface area contributed by atoms with Gasteiger partial charge in [-0.25, -0.2) is 0 Å². The van der Waals surface area contributed by atoms with E-state index in [0.29, 0.717) is 0 Å². The molecular formula is C27H28N4+2. The number of para-hydroxylation sites is 2. The van der Waals surface area contributed by atoms with Crippen LogP contribution in [-0.4, -0.2) is 0 Å². The maximum absolute atomic E-state index is 6.25. The third-order valence-electron chi connectivity index (χ3n) is 6.50. The number of nitrogens with two attached hydrogens (primary N) is 2. The minimum absolute atomic E-state index is 0.0822. The Morgan fingerprint density at radius 1 is 0.806 bits per heavy atom. The Kier molecular flexibility index (Phi) is 4.93. The van der Waals surface area contributed by atoms with Gasteiger partial charge in [0, 0.05) is 49.6 Å². The molecule has 1 aliphatic carbocycles. The Balaban J connectivity index is 1.37. The first kappa shape index (κ1) is 19.3. The normalized spacial score (nSPS) is 17.7. The summed E-state index contributed by atoms with van der Waals surface area (Å²) in [6.07, 6.45) is 12.9. The van der Waals surface area contributed by atoms with Crippen molar-refractivity contribution in [1.29, 1.82) is 0 Å². The van der Waals surface area contributed by atoms with Gasteiger partial charge < -0.3 is 11.5 Å². The Bertz CT molecular complexity index is 1330. The Morgan fingerprint density at radius 3 is 2.23 bits per heavy atom. The second-order valence-corrected chi connectivity index (χ2v) is 8.42. The molecule has 154 valence electrons. The topological polar surface area (TPSA) is 59.8 Å². The van der Waals surface area contributed by atoms with E-state index in [2.05, 4.69) is 75.8 Å². The molecule has 0 saturated heterocycles. The number of rotatable bonds is 6. The number of hydrogen-bond acceptors (Lipinski definition) is 2. The maximum atomic E-state index is 6.25. The number of benzene rings is 2. The largest absolute Gasteiger partial charge is 0.398 e. The molecule has 0 aliphatic heterocycles. The lowest BCUT2D eigenvalue weighted by atomic mass is 9.90. The quantitative estimate of drug-likeness (QED) is 0.282. The lowest BCUT2D eigenvalue weighted by molar-refractivity contribution is -0.729. The number of nitrogen functional groups attached to an aromatic ring is 2. The van der Waals surface area contributed by atoms with Crippen molar-refractivity contribution < 1.29 is 9.13 Å². The number of allylic oxidation sites excluding steroid dienone is 1. The van der Waals surface area contributed by atoms with Gasteiger partial charge >= 0.3 is 0 Å². The van der Waals surface area contributed by atoms with Gasteiger partial charge in [0.15, 0.2) is 17.9 Å². The minimum Gasteiger partial charge on any atom is -0.398 e. The predicted octanol–water partition coefficient (Wildman–Crippen LogP) is 4.41. The van der Waals surface area contributed by atoms with Crippen molar-refractivity contribution in [3.05, 3.63) is 90.9 Å². The number of nitrogens with zero attached hydrogens (tertiary/aromatic N) is 2. The third-order valence-corrected chi connectivity index (χ3v) is 6.50. The van der Waals surface area contributed by atoms with Crippen molar-refractivity contribution in [3.8, 4) is 0 Å². The van der Waals surface area contributed by atoms with Gasteiger partial charge in [-0.2, -0.15) is 9.13 Å². The number of fused-ring (bicyclic) bond motifs is 2. The average Bonchev–Trinajstić information content (AvgIpc) is 3.28. The molecule has 31 heavy (non-hydrogen) atoms. The van der Waals surface area contributed by atoms with Crippen LogP contribution >= 0.6 is 0 Å². The molecule has 0 amide bonds. The lowest BCUT2D eigenvalue weighted by Crippen LogP contribution is -2.54. The number of pyridine rings is 2. The van der Waals surface area contributed by atoms with Gasteiger partial charge in [0.25, 0.3) is 0 Å². The number of hydrogen-bond donors (Lipinski definition) is 2. The first-order valence-corrected chi connectivity index (χ1v) is 11.0. The summed E-state index contributed by atoms with van der Waals surface area (Å²) in [5.74, 6) is 0. The molecule has 4 aromatic rings. The maximum Gasteiger partial charge on any atom is 0.215 e. The second kappa shape index (κ2) is 7.90. The molecule has 0 radical (unpaired) electrons. The zero-order valence-electron chi connectivity index (χ0n) is 17.7. The van der Waals surface area contributed by atoms with Crippen LogP contribution in [0, 0.1) is 0 Å². The van der Waals surface area contributed by atoms with Crippen LogP contribution in [0.1, 0.15) is 25.7 Å². The first-order valence-electron chi connectivity index (χ1n) is 11.0. The van der Waals surface area contributed by atoms with Crippen LogP contribution in [0.2, 0.25) is 0 Å². The van der Waals surface area contributed by atoms with Crippen LogP contribution in [0.25, 0.3) is 21.8 Å². The van der Waals surface area contributed by atoms with Crippen molar-refractivity contribution in [3.63, 3.8) is 0 Å². The minimum atomic E-state index is -0.0822. The van der Waals surface area contributed by atoms with Crippen molar-refractivity contribution >= 4 is 33.2 Å². The van der Waals surface area contributed by atoms with Crippen LogP contribution in [0.5, 0.6) is 0 Å². The highest BCUT2D eigenvalue weighted by atomic mass is 15.0. The van der Waals surface area contributed by atoms with Crippen LogP contribution in [0.3, 0.4) is 0 Å².